The standard InChI is InChI=1S/C10H13N5O/c1-7-11-13-10(16-7)6-15-5-9(12-14-15)8-3-2-4-8/h5,8H,2-4,6H2,1H3. The van der Waals surface area contributed by atoms with Crippen LogP contribution < -0.4 is 0 Å². The first-order valence-corrected chi connectivity index (χ1v) is 5.50. The fourth-order valence-corrected chi connectivity index (χ4v) is 1.82. The molecule has 0 amide bonds. The van der Waals surface area contributed by atoms with Crippen molar-refractivity contribution in [1.29, 1.82) is 0 Å². The normalized spacial score (nSPS) is 16.3. The molecule has 0 atom stereocenters. The van der Waals surface area contributed by atoms with E-state index in [-0.39, 0.29) is 0 Å². The molecule has 6 nitrogen and oxygen atoms in total. The van der Waals surface area contributed by atoms with Gasteiger partial charge in [0, 0.05) is 19.0 Å². The smallest absolute Gasteiger partial charge is 0.237 e. The van der Waals surface area contributed by atoms with Crippen LogP contribution >= 0.6 is 0 Å². The number of rotatable bonds is 3. The van der Waals surface area contributed by atoms with Gasteiger partial charge in [-0.1, -0.05) is 11.6 Å². The molecule has 0 bridgehead atoms. The summed E-state index contributed by atoms with van der Waals surface area (Å²) in [7, 11) is 0. The summed E-state index contributed by atoms with van der Waals surface area (Å²) in [6, 6.07) is 0. The Morgan fingerprint density at radius 2 is 2.25 bits per heavy atom. The van der Waals surface area contributed by atoms with E-state index in [4.69, 9.17) is 4.42 Å². The lowest BCUT2D eigenvalue weighted by Crippen LogP contribution is -2.08. The Kier molecular flexibility index (Phi) is 2.19. The van der Waals surface area contributed by atoms with Gasteiger partial charge in [-0.3, -0.25) is 0 Å². The maximum Gasteiger partial charge on any atom is 0.237 e. The van der Waals surface area contributed by atoms with Gasteiger partial charge < -0.3 is 4.42 Å². The van der Waals surface area contributed by atoms with E-state index in [9.17, 15) is 0 Å². The molecule has 2 aromatic heterocycles. The van der Waals surface area contributed by atoms with E-state index in [2.05, 4.69) is 20.5 Å². The van der Waals surface area contributed by atoms with Crippen molar-refractivity contribution in [3.8, 4) is 0 Å². The second kappa shape index (κ2) is 3.70. The molecule has 1 saturated carbocycles. The first-order valence-electron chi connectivity index (χ1n) is 5.50. The van der Waals surface area contributed by atoms with Gasteiger partial charge in [0.25, 0.3) is 0 Å². The monoisotopic (exact) mass is 219 g/mol. The maximum absolute atomic E-state index is 5.29. The number of aryl methyl sites for hydroxylation is 1. The molecule has 0 radical (unpaired) electrons. The Balaban J connectivity index is 1.72. The number of hydrogen-bond donors (Lipinski definition) is 0. The Morgan fingerprint density at radius 1 is 1.38 bits per heavy atom. The van der Waals surface area contributed by atoms with E-state index in [1.54, 1.807) is 11.6 Å². The largest absolute Gasteiger partial charge is 0.424 e. The second-order valence-corrected chi connectivity index (χ2v) is 4.18. The third-order valence-electron chi connectivity index (χ3n) is 2.94. The van der Waals surface area contributed by atoms with E-state index in [0.717, 1.165) is 5.69 Å². The fraction of sp³-hybridized carbons (Fsp3) is 0.600. The minimum absolute atomic E-state index is 0.501. The zero-order valence-electron chi connectivity index (χ0n) is 9.13. The molecule has 0 spiro atoms. The summed E-state index contributed by atoms with van der Waals surface area (Å²) in [5.41, 5.74) is 1.09. The van der Waals surface area contributed by atoms with Gasteiger partial charge >= 0.3 is 0 Å². The molecule has 1 fully saturated rings. The maximum atomic E-state index is 5.29. The summed E-state index contributed by atoms with van der Waals surface area (Å²) in [6.45, 7) is 2.28. The highest BCUT2D eigenvalue weighted by Gasteiger charge is 2.22. The first-order chi connectivity index (χ1) is 7.81. The molecule has 6 heteroatoms. The van der Waals surface area contributed by atoms with Gasteiger partial charge in [-0.15, -0.1) is 15.3 Å². The minimum Gasteiger partial charge on any atom is -0.424 e. The molecule has 1 aliphatic rings. The highest BCUT2D eigenvalue weighted by molar-refractivity contribution is 5.05. The lowest BCUT2D eigenvalue weighted by molar-refractivity contribution is 0.410. The van der Waals surface area contributed by atoms with Crippen LogP contribution in [0.25, 0.3) is 0 Å². The van der Waals surface area contributed by atoms with Crippen molar-refractivity contribution in [3.05, 3.63) is 23.7 Å². The molecule has 84 valence electrons. The topological polar surface area (TPSA) is 69.6 Å². The summed E-state index contributed by atoms with van der Waals surface area (Å²) in [6.07, 6.45) is 5.75. The van der Waals surface area contributed by atoms with E-state index in [1.807, 2.05) is 6.20 Å². The number of nitrogens with zero attached hydrogens (tertiary/aromatic N) is 5. The zero-order valence-corrected chi connectivity index (χ0v) is 9.13. The van der Waals surface area contributed by atoms with Crippen LogP contribution in [0.4, 0.5) is 0 Å². The molecule has 2 heterocycles. The second-order valence-electron chi connectivity index (χ2n) is 4.18. The average Bonchev–Trinajstić information content (AvgIpc) is 2.74. The predicted octanol–water partition coefficient (Wildman–Crippen LogP) is 1.29. The predicted molar refractivity (Wildman–Crippen MR) is 54.8 cm³/mol. The Morgan fingerprint density at radius 3 is 2.88 bits per heavy atom. The van der Waals surface area contributed by atoms with Crippen molar-refractivity contribution in [2.75, 3.05) is 0 Å². The van der Waals surface area contributed by atoms with Gasteiger partial charge in [-0.05, 0) is 12.8 Å². The summed E-state index contributed by atoms with van der Waals surface area (Å²) >= 11 is 0. The molecular formula is C10H13N5O. The summed E-state index contributed by atoms with van der Waals surface area (Å²) in [5, 5.41) is 15.9. The van der Waals surface area contributed by atoms with Crippen LogP contribution in [0.15, 0.2) is 10.6 Å². The van der Waals surface area contributed by atoms with Crippen LogP contribution in [-0.2, 0) is 6.54 Å². The van der Waals surface area contributed by atoms with Gasteiger partial charge in [0.1, 0.15) is 6.54 Å². The lowest BCUT2D eigenvalue weighted by atomic mass is 9.83. The zero-order chi connectivity index (χ0) is 11.0. The summed E-state index contributed by atoms with van der Waals surface area (Å²) < 4.78 is 7.04. The number of hydrogen-bond acceptors (Lipinski definition) is 5. The third kappa shape index (κ3) is 1.70. The van der Waals surface area contributed by atoms with Crippen LogP contribution in [0.1, 0.15) is 42.7 Å². The van der Waals surface area contributed by atoms with Crippen LogP contribution in [0, 0.1) is 6.92 Å². The van der Waals surface area contributed by atoms with E-state index >= 15 is 0 Å². The van der Waals surface area contributed by atoms with Crippen LogP contribution in [0.5, 0.6) is 0 Å². The highest BCUT2D eigenvalue weighted by atomic mass is 16.4. The molecular weight excluding hydrogens is 206 g/mol. The van der Waals surface area contributed by atoms with Crippen molar-refractivity contribution < 1.29 is 4.42 Å². The Bertz CT molecular complexity index is 485. The minimum atomic E-state index is 0.501. The SMILES string of the molecule is Cc1nnc(Cn2cc(C3CCC3)nn2)o1. The van der Waals surface area contributed by atoms with Gasteiger partial charge in [0.2, 0.25) is 11.8 Å². The lowest BCUT2D eigenvalue weighted by Gasteiger charge is -2.22. The van der Waals surface area contributed by atoms with Crippen LogP contribution in [-0.4, -0.2) is 25.2 Å². The molecule has 16 heavy (non-hydrogen) atoms. The molecule has 0 unspecified atom stereocenters. The van der Waals surface area contributed by atoms with Gasteiger partial charge in [0.15, 0.2) is 0 Å². The Hall–Kier alpha value is -1.72. The van der Waals surface area contributed by atoms with Crippen LogP contribution in [0.2, 0.25) is 0 Å². The molecule has 0 aliphatic heterocycles. The van der Waals surface area contributed by atoms with Gasteiger partial charge in [-0.25, -0.2) is 4.68 Å². The van der Waals surface area contributed by atoms with E-state index in [0.29, 0.717) is 24.2 Å². The third-order valence-corrected chi connectivity index (χ3v) is 2.94. The van der Waals surface area contributed by atoms with Gasteiger partial charge in [-0.2, -0.15) is 0 Å². The molecule has 2 aromatic rings. The Labute approximate surface area is 92.7 Å². The van der Waals surface area contributed by atoms with Crippen LogP contribution in [0.3, 0.4) is 0 Å². The summed E-state index contributed by atoms with van der Waals surface area (Å²) in [4.78, 5) is 0. The molecule has 0 saturated heterocycles. The highest BCUT2D eigenvalue weighted by Crippen LogP contribution is 2.34. The van der Waals surface area contributed by atoms with E-state index in [1.165, 1.54) is 19.3 Å². The van der Waals surface area contributed by atoms with Crippen molar-refractivity contribution in [1.82, 2.24) is 25.2 Å². The van der Waals surface area contributed by atoms with Crippen molar-refractivity contribution in [3.63, 3.8) is 0 Å². The van der Waals surface area contributed by atoms with Gasteiger partial charge in [0.05, 0.1) is 5.69 Å². The van der Waals surface area contributed by atoms with Crippen molar-refractivity contribution >= 4 is 0 Å². The van der Waals surface area contributed by atoms with Crippen molar-refractivity contribution in [2.45, 2.75) is 38.6 Å². The van der Waals surface area contributed by atoms with Crippen molar-refractivity contribution in [2.24, 2.45) is 0 Å². The number of aromatic nitrogens is 5. The van der Waals surface area contributed by atoms with E-state index < -0.39 is 0 Å². The average molecular weight is 219 g/mol. The quantitative estimate of drug-likeness (QED) is 0.777. The molecule has 3 rings (SSSR count). The molecule has 1 aliphatic carbocycles. The summed E-state index contributed by atoms with van der Waals surface area (Å²) in [5.74, 6) is 1.76. The molecule has 0 N–H and O–H groups in total. The molecule has 0 aromatic carbocycles. The first kappa shape index (κ1) is 9.50. The fourth-order valence-electron chi connectivity index (χ4n) is 1.82.